The maximum Gasteiger partial charge on any atom is 0.261 e. The van der Waals surface area contributed by atoms with Crippen LogP contribution < -0.4 is 10.0 Å². The fourth-order valence-corrected chi connectivity index (χ4v) is 4.14. The molecule has 2 aromatic carbocycles. The third kappa shape index (κ3) is 5.10. The Bertz CT molecular complexity index is 948. The summed E-state index contributed by atoms with van der Waals surface area (Å²) in [5, 5.41) is 2.59. The van der Waals surface area contributed by atoms with Crippen LogP contribution in [0.2, 0.25) is 0 Å². The van der Waals surface area contributed by atoms with Crippen molar-refractivity contribution in [3.63, 3.8) is 0 Å². The van der Waals surface area contributed by atoms with Crippen molar-refractivity contribution < 1.29 is 18.0 Å². The van der Waals surface area contributed by atoms with E-state index in [2.05, 4.69) is 10.0 Å². The number of hydrogen-bond donors (Lipinski definition) is 2. The molecule has 2 aromatic rings. The summed E-state index contributed by atoms with van der Waals surface area (Å²) < 4.78 is 27.5. The molecule has 2 N–H and O–H groups in total. The lowest BCUT2D eigenvalue weighted by molar-refractivity contribution is -0.129. The number of nitrogens with one attached hydrogen (secondary N) is 2. The molecular weight excluding hydrogens is 378 g/mol. The van der Waals surface area contributed by atoms with Crippen LogP contribution in [-0.4, -0.2) is 38.2 Å². The van der Waals surface area contributed by atoms with Crippen LogP contribution in [0.5, 0.6) is 0 Å². The fourth-order valence-electron chi connectivity index (χ4n) is 3.08. The molecule has 0 unspecified atom stereocenters. The number of hydrogen-bond acceptors (Lipinski definition) is 4. The molecule has 1 saturated heterocycles. The van der Waals surface area contributed by atoms with Gasteiger partial charge in [-0.15, -0.1) is 0 Å². The molecule has 8 heteroatoms. The molecule has 1 heterocycles. The molecule has 0 radical (unpaired) electrons. The number of nitrogens with zero attached hydrogens (tertiary/aromatic N) is 1. The molecule has 2 amide bonds. The van der Waals surface area contributed by atoms with Gasteiger partial charge in [0.15, 0.2) is 0 Å². The Labute approximate surface area is 164 Å². The summed E-state index contributed by atoms with van der Waals surface area (Å²) in [5.41, 5.74) is 1.79. The zero-order valence-electron chi connectivity index (χ0n) is 15.6. The first-order valence-corrected chi connectivity index (χ1v) is 10.6. The van der Waals surface area contributed by atoms with E-state index < -0.39 is 10.0 Å². The number of benzene rings is 2. The second-order valence-electron chi connectivity index (χ2n) is 6.77. The fraction of sp³-hybridized carbons (Fsp3) is 0.300. The Kier molecular flexibility index (Phi) is 5.99. The van der Waals surface area contributed by atoms with Gasteiger partial charge in [-0.1, -0.05) is 12.1 Å². The second-order valence-corrected chi connectivity index (χ2v) is 8.46. The highest BCUT2D eigenvalue weighted by Crippen LogP contribution is 2.19. The van der Waals surface area contributed by atoms with Gasteiger partial charge < -0.3 is 10.2 Å². The van der Waals surface area contributed by atoms with E-state index in [1.165, 1.54) is 31.2 Å². The highest BCUT2D eigenvalue weighted by molar-refractivity contribution is 7.92. The van der Waals surface area contributed by atoms with Crippen LogP contribution in [0.4, 0.5) is 11.4 Å². The van der Waals surface area contributed by atoms with E-state index in [1.54, 1.807) is 24.3 Å². The summed E-state index contributed by atoms with van der Waals surface area (Å²) in [7, 11) is -3.75. The van der Waals surface area contributed by atoms with E-state index in [9.17, 15) is 18.0 Å². The first-order chi connectivity index (χ1) is 13.3. The Balaban J connectivity index is 1.63. The summed E-state index contributed by atoms with van der Waals surface area (Å²) in [5.74, 6) is -0.123. The molecule has 0 bridgehead atoms. The van der Waals surface area contributed by atoms with Gasteiger partial charge in [-0.2, -0.15) is 0 Å². The van der Waals surface area contributed by atoms with E-state index in [0.717, 1.165) is 31.5 Å². The van der Waals surface area contributed by atoms with Crippen LogP contribution in [-0.2, 0) is 26.0 Å². The van der Waals surface area contributed by atoms with Crippen LogP contribution >= 0.6 is 0 Å². The zero-order valence-corrected chi connectivity index (χ0v) is 16.5. The van der Waals surface area contributed by atoms with Crippen LogP contribution in [0.15, 0.2) is 53.4 Å². The minimum atomic E-state index is -3.75. The minimum absolute atomic E-state index is 0.0925. The van der Waals surface area contributed by atoms with Gasteiger partial charge in [0.1, 0.15) is 0 Å². The lowest BCUT2D eigenvalue weighted by atomic mass is 10.1. The highest BCUT2D eigenvalue weighted by Gasteiger charge is 2.18. The van der Waals surface area contributed by atoms with E-state index in [4.69, 9.17) is 0 Å². The average Bonchev–Trinajstić information content (AvgIpc) is 3.18. The summed E-state index contributed by atoms with van der Waals surface area (Å²) in [6.07, 6.45) is 2.42. The zero-order chi connectivity index (χ0) is 20.1. The van der Waals surface area contributed by atoms with E-state index in [-0.39, 0.29) is 16.7 Å². The van der Waals surface area contributed by atoms with Crippen LogP contribution in [0, 0.1) is 0 Å². The van der Waals surface area contributed by atoms with Gasteiger partial charge in [0, 0.05) is 31.4 Å². The summed E-state index contributed by atoms with van der Waals surface area (Å²) in [6.45, 7) is 3.02. The maximum absolute atomic E-state index is 12.5. The molecule has 0 aliphatic carbocycles. The topological polar surface area (TPSA) is 95.6 Å². The van der Waals surface area contributed by atoms with Gasteiger partial charge in [0.25, 0.3) is 10.0 Å². The van der Waals surface area contributed by atoms with Crippen molar-refractivity contribution in [1.29, 1.82) is 0 Å². The lowest BCUT2D eigenvalue weighted by Crippen LogP contribution is -2.29. The molecule has 1 fully saturated rings. The molecule has 0 saturated carbocycles. The SMILES string of the molecule is CC(=O)Nc1ccc(S(=O)(=O)Nc2ccc(CC(=O)N3CCCC3)cc2)cc1. The first-order valence-electron chi connectivity index (χ1n) is 9.11. The molecule has 1 aliphatic rings. The third-order valence-corrected chi connectivity index (χ3v) is 5.90. The van der Waals surface area contributed by atoms with Gasteiger partial charge in [-0.3, -0.25) is 14.3 Å². The van der Waals surface area contributed by atoms with Crippen molar-refractivity contribution in [3.05, 3.63) is 54.1 Å². The first kappa shape index (κ1) is 19.9. The molecule has 0 aromatic heterocycles. The second kappa shape index (κ2) is 8.43. The summed E-state index contributed by atoms with van der Waals surface area (Å²) >= 11 is 0. The normalized spacial score (nSPS) is 14.0. The Morgan fingerprint density at radius 1 is 0.929 bits per heavy atom. The van der Waals surface area contributed by atoms with Gasteiger partial charge in [0.05, 0.1) is 11.3 Å². The van der Waals surface area contributed by atoms with Gasteiger partial charge in [0.2, 0.25) is 11.8 Å². The number of carbonyl (C=O) groups excluding carboxylic acids is 2. The Hall–Kier alpha value is -2.87. The Morgan fingerprint density at radius 2 is 1.50 bits per heavy atom. The van der Waals surface area contributed by atoms with Gasteiger partial charge in [-0.05, 0) is 54.8 Å². The van der Waals surface area contributed by atoms with Crippen LogP contribution in [0.3, 0.4) is 0 Å². The number of rotatable bonds is 6. The molecule has 3 rings (SSSR count). The number of amides is 2. The average molecular weight is 401 g/mol. The molecule has 0 atom stereocenters. The van der Waals surface area contributed by atoms with Crippen molar-refractivity contribution in [2.45, 2.75) is 31.1 Å². The van der Waals surface area contributed by atoms with Crippen LogP contribution in [0.25, 0.3) is 0 Å². The van der Waals surface area contributed by atoms with Gasteiger partial charge >= 0.3 is 0 Å². The molecule has 1 aliphatic heterocycles. The number of carbonyl (C=O) groups is 2. The largest absolute Gasteiger partial charge is 0.342 e. The smallest absolute Gasteiger partial charge is 0.261 e. The number of sulfonamides is 1. The summed E-state index contributed by atoms with van der Waals surface area (Å²) in [6, 6.07) is 12.7. The predicted octanol–water partition coefficient (Wildman–Crippen LogP) is 2.61. The third-order valence-electron chi connectivity index (χ3n) is 4.51. The molecule has 28 heavy (non-hydrogen) atoms. The monoisotopic (exact) mass is 401 g/mol. The molecule has 148 valence electrons. The van der Waals surface area contributed by atoms with E-state index in [1.807, 2.05) is 4.90 Å². The van der Waals surface area contributed by atoms with Crippen molar-refractivity contribution in [2.75, 3.05) is 23.1 Å². The Morgan fingerprint density at radius 3 is 2.07 bits per heavy atom. The lowest BCUT2D eigenvalue weighted by Gasteiger charge is -2.15. The maximum atomic E-state index is 12.5. The quantitative estimate of drug-likeness (QED) is 0.778. The van der Waals surface area contributed by atoms with Crippen LogP contribution in [0.1, 0.15) is 25.3 Å². The standard InChI is InChI=1S/C20H23N3O4S/c1-15(24)21-17-8-10-19(11-9-17)28(26,27)22-18-6-4-16(5-7-18)14-20(25)23-12-2-3-13-23/h4-11,22H,2-3,12-14H2,1H3,(H,21,24). The molecule has 7 nitrogen and oxygen atoms in total. The van der Waals surface area contributed by atoms with E-state index in [0.29, 0.717) is 17.8 Å². The molecular formula is C20H23N3O4S. The van der Waals surface area contributed by atoms with Gasteiger partial charge in [-0.25, -0.2) is 8.42 Å². The number of anilines is 2. The van der Waals surface area contributed by atoms with E-state index >= 15 is 0 Å². The number of likely N-dealkylation sites (tertiary alicyclic amines) is 1. The minimum Gasteiger partial charge on any atom is -0.342 e. The van der Waals surface area contributed by atoms with Crippen molar-refractivity contribution in [2.24, 2.45) is 0 Å². The predicted molar refractivity (Wildman–Crippen MR) is 108 cm³/mol. The summed E-state index contributed by atoms with van der Waals surface area (Å²) in [4.78, 5) is 25.2. The van der Waals surface area contributed by atoms with Crippen molar-refractivity contribution in [1.82, 2.24) is 4.90 Å². The van der Waals surface area contributed by atoms with Crippen molar-refractivity contribution >= 4 is 33.2 Å². The highest BCUT2D eigenvalue weighted by atomic mass is 32.2. The molecule has 0 spiro atoms. The van der Waals surface area contributed by atoms with Crippen molar-refractivity contribution in [3.8, 4) is 0 Å².